The predicted molar refractivity (Wildman–Crippen MR) is 265 cm³/mol. The van der Waals surface area contributed by atoms with Crippen LogP contribution in [0.3, 0.4) is 0 Å². The molecule has 3 heterocycles. The Morgan fingerprint density at radius 3 is 1.03 bits per heavy atom. The van der Waals surface area contributed by atoms with Crippen molar-refractivity contribution in [3.63, 3.8) is 0 Å². The molecule has 0 spiro atoms. The summed E-state index contributed by atoms with van der Waals surface area (Å²) in [5.74, 6) is 0. The molecule has 10 aromatic rings. The molecule has 2 aliphatic rings. The Bertz CT molecular complexity index is 2970. The van der Waals surface area contributed by atoms with Gasteiger partial charge in [-0.1, -0.05) is 164 Å². The third kappa shape index (κ3) is 6.43. The van der Waals surface area contributed by atoms with Gasteiger partial charge < -0.3 is 9.80 Å². The van der Waals surface area contributed by atoms with Gasteiger partial charge in [-0.05, 0) is 134 Å². The van der Waals surface area contributed by atoms with E-state index in [1.165, 1.54) is 72.3 Å². The minimum Gasteiger partial charge on any atom is -0.311 e. The second kappa shape index (κ2) is 15.4. The molecule has 0 fully saturated rings. The maximum atomic E-state index is 4.97. The molecule has 294 valence electrons. The van der Waals surface area contributed by atoms with Gasteiger partial charge in [0.1, 0.15) is 0 Å². The number of anilines is 6. The van der Waals surface area contributed by atoms with Crippen molar-refractivity contribution in [3.8, 4) is 55.8 Å². The number of rotatable bonds is 7. The fourth-order valence-corrected chi connectivity index (χ4v) is 9.80. The van der Waals surface area contributed by atoms with E-state index in [9.17, 15) is 0 Å². The standard InChI is InChI=1S/C59H40BN3/c1-5-19-41(20-6-1)45-33-46(42-21-7-2-8-22-42)36-50(35-45)62-55-30-15-13-27-52(55)60-53-28-14-16-31-56(53)63(58-40-49(39-57(62)59(58)60)54-29-17-18-32-61-54)51-37-47(43-23-9-3-10-24-43)34-48(38-51)44-25-11-4-12-26-44/h1-40H. The molecular formula is C59H40BN3. The van der Waals surface area contributed by atoms with Crippen LogP contribution in [0.5, 0.6) is 0 Å². The third-order valence-corrected chi connectivity index (χ3v) is 12.6. The molecule has 0 saturated heterocycles. The van der Waals surface area contributed by atoms with Gasteiger partial charge in [-0.3, -0.25) is 4.98 Å². The van der Waals surface area contributed by atoms with Crippen LogP contribution in [0.2, 0.25) is 0 Å². The van der Waals surface area contributed by atoms with Gasteiger partial charge in [0.25, 0.3) is 6.71 Å². The van der Waals surface area contributed by atoms with Crippen molar-refractivity contribution in [2.24, 2.45) is 0 Å². The van der Waals surface area contributed by atoms with Crippen LogP contribution in [0.4, 0.5) is 34.1 Å². The summed E-state index contributed by atoms with van der Waals surface area (Å²) >= 11 is 0. The quantitative estimate of drug-likeness (QED) is 0.150. The maximum Gasteiger partial charge on any atom is 0.252 e. The zero-order chi connectivity index (χ0) is 41.7. The third-order valence-electron chi connectivity index (χ3n) is 12.6. The Balaban J connectivity index is 1.17. The predicted octanol–water partition coefficient (Wildman–Crippen LogP) is 13.5. The first-order valence-electron chi connectivity index (χ1n) is 21.6. The van der Waals surface area contributed by atoms with E-state index in [1.54, 1.807) is 0 Å². The first-order chi connectivity index (χ1) is 31.2. The Hall–Kier alpha value is -8.21. The minimum absolute atomic E-state index is 0.00974. The van der Waals surface area contributed by atoms with Gasteiger partial charge >= 0.3 is 0 Å². The van der Waals surface area contributed by atoms with Crippen molar-refractivity contribution in [2.45, 2.75) is 0 Å². The minimum atomic E-state index is -0.00974. The summed E-state index contributed by atoms with van der Waals surface area (Å²) in [7, 11) is 0. The normalized spacial score (nSPS) is 12.3. The van der Waals surface area contributed by atoms with E-state index in [1.807, 2.05) is 12.3 Å². The highest BCUT2D eigenvalue weighted by Crippen LogP contribution is 2.48. The molecule has 0 amide bonds. The zero-order valence-electron chi connectivity index (χ0n) is 34.5. The number of aromatic nitrogens is 1. The summed E-state index contributed by atoms with van der Waals surface area (Å²) in [4.78, 5) is 10.00. The van der Waals surface area contributed by atoms with E-state index in [0.717, 1.165) is 34.0 Å². The second-order valence-electron chi connectivity index (χ2n) is 16.4. The first kappa shape index (κ1) is 36.6. The molecular weight excluding hydrogens is 761 g/mol. The fourth-order valence-electron chi connectivity index (χ4n) is 9.80. The molecule has 0 radical (unpaired) electrons. The van der Waals surface area contributed by atoms with Crippen LogP contribution >= 0.6 is 0 Å². The number of para-hydroxylation sites is 2. The smallest absolute Gasteiger partial charge is 0.252 e. The van der Waals surface area contributed by atoms with E-state index in [2.05, 4.69) is 240 Å². The van der Waals surface area contributed by atoms with Gasteiger partial charge in [-0.25, -0.2) is 0 Å². The Kier molecular flexibility index (Phi) is 8.93. The summed E-state index contributed by atoms with van der Waals surface area (Å²) in [6.45, 7) is -0.00974. The van der Waals surface area contributed by atoms with Gasteiger partial charge in [-0.15, -0.1) is 0 Å². The molecule has 12 rings (SSSR count). The zero-order valence-corrected chi connectivity index (χ0v) is 34.5. The van der Waals surface area contributed by atoms with Crippen LogP contribution in [0.1, 0.15) is 0 Å². The molecule has 0 bridgehead atoms. The summed E-state index contributed by atoms with van der Waals surface area (Å²) in [6, 6.07) is 86.1. The lowest BCUT2D eigenvalue weighted by atomic mass is 9.33. The number of hydrogen-bond donors (Lipinski definition) is 0. The van der Waals surface area contributed by atoms with Crippen molar-refractivity contribution in [1.29, 1.82) is 0 Å². The van der Waals surface area contributed by atoms with Gasteiger partial charge in [0.15, 0.2) is 0 Å². The molecule has 2 aliphatic heterocycles. The van der Waals surface area contributed by atoms with E-state index in [-0.39, 0.29) is 6.71 Å². The summed E-state index contributed by atoms with van der Waals surface area (Å²) < 4.78 is 0. The van der Waals surface area contributed by atoms with Gasteiger partial charge in [-0.2, -0.15) is 0 Å². The molecule has 4 heteroatoms. The number of nitrogens with zero attached hydrogens (tertiary/aromatic N) is 3. The molecule has 0 unspecified atom stereocenters. The summed E-state index contributed by atoms with van der Waals surface area (Å²) in [5, 5.41) is 0. The van der Waals surface area contributed by atoms with Crippen LogP contribution in [0.15, 0.2) is 243 Å². The lowest BCUT2D eigenvalue weighted by Crippen LogP contribution is -2.61. The summed E-state index contributed by atoms with van der Waals surface area (Å²) in [6.07, 6.45) is 1.90. The maximum absolute atomic E-state index is 4.97. The van der Waals surface area contributed by atoms with Crippen molar-refractivity contribution in [3.05, 3.63) is 243 Å². The highest BCUT2D eigenvalue weighted by atomic mass is 15.2. The molecule has 0 aliphatic carbocycles. The van der Waals surface area contributed by atoms with Crippen LogP contribution in [-0.2, 0) is 0 Å². The SMILES string of the molecule is c1ccc(-c2cc(-c3ccccc3)cc(N3c4ccccc4B4c5ccccc5N(c5cc(-c6ccccc6)cc(-c6ccccc6)c5)c5cc(-c6ccccn6)cc3c54)c2)cc1. The van der Waals surface area contributed by atoms with Gasteiger partial charge in [0, 0.05) is 45.9 Å². The van der Waals surface area contributed by atoms with Crippen LogP contribution in [0, 0.1) is 0 Å². The fraction of sp³-hybridized carbons (Fsp3) is 0. The summed E-state index contributed by atoms with van der Waals surface area (Å²) in [5.41, 5.74) is 22.0. The van der Waals surface area contributed by atoms with Crippen molar-refractivity contribution >= 4 is 57.2 Å². The van der Waals surface area contributed by atoms with Crippen LogP contribution in [-0.4, -0.2) is 11.7 Å². The van der Waals surface area contributed by atoms with Crippen LogP contribution < -0.4 is 26.2 Å². The number of benzene rings is 9. The van der Waals surface area contributed by atoms with E-state index >= 15 is 0 Å². The highest BCUT2D eigenvalue weighted by molar-refractivity contribution is 7.00. The molecule has 1 aromatic heterocycles. The van der Waals surface area contributed by atoms with Crippen molar-refractivity contribution < 1.29 is 0 Å². The first-order valence-corrected chi connectivity index (χ1v) is 21.6. The Labute approximate surface area is 368 Å². The molecule has 0 saturated carbocycles. The number of pyridine rings is 1. The molecule has 0 N–H and O–H groups in total. The average Bonchev–Trinajstić information content (AvgIpc) is 3.37. The van der Waals surface area contributed by atoms with Crippen LogP contribution in [0.25, 0.3) is 55.8 Å². The van der Waals surface area contributed by atoms with Crippen molar-refractivity contribution in [2.75, 3.05) is 9.80 Å². The largest absolute Gasteiger partial charge is 0.311 e. The van der Waals surface area contributed by atoms with Gasteiger partial charge in [0.05, 0.1) is 5.69 Å². The average molecular weight is 802 g/mol. The van der Waals surface area contributed by atoms with Crippen molar-refractivity contribution in [1.82, 2.24) is 4.98 Å². The molecule has 3 nitrogen and oxygen atoms in total. The topological polar surface area (TPSA) is 19.4 Å². The van der Waals surface area contributed by atoms with E-state index in [4.69, 9.17) is 4.98 Å². The number of hydrogen-bond acceptors (Lipinski definition) is 3. The van der Waals surface area contributed by atoms with Gasteiger partial charge in [0.2, 0.25) is 0 Å². The highest BCUT2D eigenvalue weighted by Gasteiger charge is 2.43. The molecule has 63 heavy (non-hydrogen) atoms. The monoisotopic (exact) mass is 801 g/mol. The second-order valence-corrected chi connectivity index (χ2v) is 16.4. The lowest BCUT2D eigenvalue weighted by Gasteiger charge is -2.44. The van der Waals surface area contributed by atoms with E-state index in [0.29, 0.717) is 0 Å². The Morgan fingerprint density at radius 2 is 0.651 bits per heavy atom. The Morgan fingerprint density at radius 1 is 0.286 bits per heavy atom. The van der Waals surface area contributed by atoms with E-state index < -0.39 is 0 Å². The molecule has 9 aromatic carbocycles. The lowest BCUT2D eigenvalue weighted by molar-refractivity contribution is 1.25. The number of fused-ring (bicyclic) bond motifs is 4. The molecule has 0 atom stereocenters.